The predicted octanol–water partition coefficient (Wildman–Crippen LogP) is 5.47. The van der Waals surface area contributed by atoms with E-state index in [-0.39, 0.29) is 28.9 Å². The van der Waals surface area contributed by atoms with E-state index in [4.69, 9.17) is 14.5 Å². The molecule has 1 aromatic rings. The molecule has 2 fully saturated rings. The highest BCUT2D eigenvalue weighted by Gasteiger charge is 2.58. The van der Waals surface area contributed by atoms with Crippen molar-refractivity contribution >= 4 is 11.9 Å². The Kier molecular flexibility index (Phi) is 5.45. The lowest BCUT2D eigenvalue weighted by Crippen LogP contribution is -2.51. The first-order chi connectivity index (χ1) is 15.7. The Morgan fingerprint density at radius 3 is 2.61 bits per heavy atom. The summed E-state index contributed by atoms with van der Waals surface area (Å²) >= 11 is 0. The van der Waals surface area contributed by atoms with Crippen LogP contribution in [-0.4, -0.2) is 29.6 Å². The highest BCUT2D eigenvalue weighted by molar-refractivity contribution is 5.91. The predicted molar refractivity (Wildman–Crippen MR) is 126 cm³/mol. The minimum Gasteiger partial charge on any atom is -0.462 e. The number of esters is 2. The first-order valence-electron chi connectivity index (χ1n) is 12.7. The number of nitrogens with zero attached hydrogens (tertiary/aromatic N) is 1. The Morgan fingerprint density at radius 1 is 1.12 bits per heavy atom. The number of pyridine rings is 1. The molecule has 5 nitrogen and oxygen atoms in total. The topological polar surface area (TPSA) is 65.5 Å². The fourth-order valence-corrected chi connectivity index (χ4v) is 7.90. The van der Waals surface area contributed by atoms with Gasteiger partial charge >= 0.3 is 11.9 Å². The zero-order valence-corrected chi connectivity index (χ0v) is 20.7. The third-order valence-electron chi connectivity index (χ3n) is 9.55. The normalized spacial score (nSPS) is 36.6. The molecule has 0 aromatic carbocycles. The molecule has 2 saturated carbocycles. The highest BCUT2D eigenvalue weighted by atomic mass is 16.5. The maximum absolute atomic E-state index is 12.5. The molecule has 5 rings (SSSR count). The molecule has 0 bridgehead atoms. The Morgan fingerprint density at radius 2 is 1.88 bits per heavy atom. The van der Waals surface area contributed by atoms with Crippen LogP contribution in [0, 0.1) is 30.1 Å². The Hall–Kier alpha value is -2.17. The van der Waals surface area contributed by atoms with Crippen molar-refractivity contribution in [2.45, 2.75) is 91.1 Å². The summed E-state index contributed by atoms with van der Waals surface area (Å²) in [6.45, 7) is 10.6. The van der Waals surface area contributed by atoms with E-state index >= 15 is 0 Å². The molecule has 0 aliphatic heterocycles. The monoisotopic (exact) mass is 451 g/mol. The van der Waals surface area contributed by atoms with E-state index in [1.165, 1.54) is 30.2 Å². The molecule has 0 spiro atoms. The largest absolute Gasteiger partial charge is 0.462 e. The van der Waals surface area contributed by atoms with Crippen molar-refractivity contribution in [1.29, 1.82) is 0 Å². The Labute approximate surface area is 197 Å². The quantitative estimate of drug-likeness (QED) is 0.450. The van der Waals surface area contributed by atoms with Crippen LogP contribution < -0.4 is 0 Å². The standard InChI is InChI=1S/C28H37NO4/c1-6-32-26(31)22-13-18-14-24-21-8-7-19-15-20(33-17(3)30)9-11-27(19,4)23(21)10-12-28(24,5)25(18)29-16(22)2/h7,13,20-21,23-24H,6,8-12,14-15H2,1-5H3. The van der Waals surface area contributed by atoms with Gasteiger partial charge in [-0.1, -0.05) is 25.5 Å². The third-order valence-corrected chi connectivity index (χ3v) is 9.55. The number of fused-ring (bicyclic) bond motifs is 7. The molecule has 4 aliphatic rings. The number of ether oxygens (including phenoxy) is 2. The van der Waals surface area contributed by atoms with Gasteiger partial charge in [0.25, 0.3) is 0 Å². The van der Waals surface area contributed by atoms with Gasteiger partial charge in [0, 0.05) is 18.8 Å². The van der Waals surface area contributed by atoms with Crippen LogP contribution in [-0.2, 0) is 26.1 Å². The Balaban J connectivity index is 1.44. The number of carbonyl (C=O) groups excluding carboxylic acids is 2. The molecule has 0 radical (unpaired) electrons. The molecule has 0 saturated heterocycles. The van der Waals surface area contributed by atoms with Gasteiger partial charge in [-0.3, -0.25) is 9.78 Å². The van der Waals surface area contributed by atoms with Gasteiger partial charge in [0.2, 0.25) is 0 Å². The highest BCUT2D eigenvalue weighted by Crippen LogP contribution is 2.64. The van der Waals surface area contributed by atoms with E-state index in [0.717, 1.165) is 44.2 Å². The molecule has 178 valence electrons. The van der Waals surface area contributed by atoms with Crippen molar-refractivity contribution in [2.75, 3.05) is 6.61 Å². The van der Waals surface area contributed by atoms with Gasteiger partial charge in [-0.2, -0.15) is 0 Å². The third kappa shape index (κ3) is 3.45. The fourth-order valence-electron chi connectivity index (χ4n) is 7.90. The first-order valence-corrected chi connectivity index (χ1v) is 12.7. The van der Waals surface area contributed by atoms with Gasteiger partial charge in [-0.15, -0.1) is 0 Å². The minimum absolute atomic E-state index is 0.0384. The lowest BCUT2D eigenvalue weighted by Gasteiger charge is -2.57. The molecule has 0 amide bonds. The van der Waals surface area contributed by atoms with Crippen molar-refractivity contribution in [3.8, 4) is 0 Å². The van der Waals surface area contributed by atoms with Crippen LogP contribution in [0.1, 0.15) is 93.5 Å². The van der Waals surface area contributed by atoms with E-state index in [2.05, 4.69) is 26.0 Å². The average molecular weight is 452 g/mol. The molecule has 1 heterocycles. The van der Waals surface area contributed by atoms with Crippen molar-refractivity contribution in [1.82, 2.24) is 4.98 Å². The fraction of sp³-hybridized carbons (Fsp3) is 0.679. The second kappa shape index (κ2) is 7.95. The van der Waals surface area contributed by atoms with Gasteiger partial charge in [-0.25, -0.2) is 4.79 Å². The molecule has 5 heteroatoms. The first kappa shape index (κ1) is 22.6. The molecule has 6 unspecified atom stereocenters. The number of allylic oxidation sites excluding steroid dienone is 1. The van der Waals surface area contributed by atoms with E-state index in [1.54, 1.807) is 0 Å². The smallest absolute Gasteiger partial charge is 0.339 e. The molecule has 33 heavy (non-hydrogen) atoms. The van der Waals surface area contributed by atoms with Crippen LogP contribution in [0.15, 0.2) is 17.7 Å². The summed E-state index contributed by atoms with van der Waals surface area (Å²) in [5.41, 5.74) is 5.67. The molecule has 6 atom stereocenters. The van der Waals surface area contributed by atoms with Crippen LogP contribution in [0.2, 0.25) is 0 Å². The van der Waals surface area contributed by atoms with E-state index in [9.17, 15) is 9.59 Å². The average Bonchev–Trinajstić information content (AvgIpc) is 3.05. The van der Waals surface area contributed by atoms with Crippen LogP contribution in [0.4, 0.5) is 0 Å². The zero-order valence-electron chi connectivity index (χ0n) is 20.7. The maximum Gasteiger partial charge on any atom is 0.339 e. The van der Waals surface area contributed by atoms with Gasteiger partial charge < -0.3 is 9.47 Å². The van der Waals surface area contributed by atoms with Crippen LogP contribution >= 0.6 is 0 Å². The van der Waals surface area contributed by atoms with Crippen molar-refractivity contribution in [3.63, 3.8) is 0 Å². The van der Waals surface area contributed by atoms with E-state index < -0.39 is 0 Å². The summed E-state index contributed by atoms with van der Waals surface area (Å²) in [7, 11) is 0. The Bertz CT molecular complexity index is 1030. The second-order valence-corrected chi connectivity index (χ2v) is 11.2. The molecule has 4 aliphatic carbocycles. The number of carbonyl (C=O) groups is 2. The summed E-state index contributed by atoms with van der Waals surface area (Å²) in [6, 6.07) is 2.07. The summed E-state index contributed by atoms with van der Waals surface area (Å²) in [5.74, 6) is 1.42. The van der Waals surface area contributed by atoms with Gasteiger partial charge in [0.15, 0.2) is 0 Å². The van der Waals surface area contributed by atoms with Gasteiger partial charge in [-0.05, 0) is 87.2 Å². The lowest BCUT2D eigenvalue weighted by atomic mass is 9.48. The van der Waals surface area contributed by atoms with E-state index in [1.807, 2.05) is 13.8 Å². The van der Waals surface area contributed by atoms with Crippen LogP contribution in [0.3, 0.4) is 0 Å². The SMILES string of the molecule is CCOC(=O)c1cc2c(nc1C)C1(C)CCC3C(CC=C4CC(OC(C)=O)CCC43C)C1C2. The van der Waals surface area contributed by atoms with E-state index in [0.29, 0.717) is 29.9 Å². The van der Waals surface area contributed by atoms with Gasteiger partial charge in [0.05, 0.1) is 23.6 Å². The molecular weight excluding hydrogens is 414 g/mol. The van der Waals surface area contributed by atoms with Crippen molar-refractivity contribution in [2.24, 2.45) is 23.2 Å². The summed E-state index contributed by atoms with van der Waals surface area (Å²) in [4.78, 5) is 29.0. The number of hydrogen-bond donors (Lipinski definition) is 0. The van der Waals surface area contributed by atoms with Gasteiger partial charge in [0.1, 0.15) is 6.10 Å². The van der Waals surface area contributed by atoms with Crippen LogP contribution in [0.5, 0.6) is 0 Å². The zero-order chi connectivity index (χ0) is 23.5. The molecule has 0 N–H and O–H groups in total. The summed E-state index contributed by atoms with van der Waals surface area (Å²) < 4.78 is 10.9. The number of hydrogen-bond acceptors (Lipinski definition) is 5. The molecular formula is C28H37NO4. The second-order valence-electron chi connectivity index (χ2n) is 11.2. The van der Waals surface area contributed by atoms with Crippen molar-refractivity contribution < 1.29 is 19.1 Å². The maximum atomic E-state index is 12.5. The minimum atomic E-state index is -0.259. The van der Waals surface area contributed by atoms with Crippen molar-refractivity contribution in [3.05, 3.63) is 40.2 Å². The number of rotatable bonds is 3. The number of aryl methyl sites for hydroxylation is 1. The summed E-state index contributed by atoms with van der Waals surface area (Å²) in [5, 5.41) is 0. The molecule has 1 aromatic heterocycles. The van der Waals surface area contributed by atoms with Crippen LogP contribution in [0.25, 0.3) is 0 Å². The summed E-state index contributed by atoms with van der Waals surface area (Å²) in [6.07, 6.45) is 9.93. The lowest BCUT2D eigenvalue weighted by molar-refractivity contribution is -0.148. The number of aromatic nitrogens is 1.